The summed E-state index contributed by atoms with van der Waals surface area (Å²) in [7, 11) is 1.61. The molecule has 0 fully saturated rings. The molecule has 0 bridgehead atoms. The van der Waals surface area contributed by atoms with Gasteiger partial charge < -0.3 is 9.84 Å². The molecule has 2 nitrogen and oxygen atoms in total. The van der Waals surface area contributed by atoms with E-state index in [-0.39, 0.29) is 5.82 Å². The molecular weight excluding hydrogens is 255 g/mol. The summed E-state index contributed by atoms with van der Waals surface area (Å²) in [6.45, 7) is 5.61. The van der Waals surface area contributed by atoms with Crippen LogP contribution in [0.2, 0.25) is 0 Å². The van der Waals surface area contributed by atoms with Gasteiger partial charge in [-0.1, -0.05) is 12.1 Å². The second-order valence-electron chi connectivity index (χ2n) is 5.11. The van der Waals surface area contributed by atoms with Gasteiger partial charge >= 0.3 is 0 Å². The van der Waals surface area contributed by atoms with E-state index in [2.05, 4.69) is 0 Å². The van der Waals surface area contributed by atoms with Crippen LogP contribution in [0, 0.1) is 26.6 Å². The number of methoxy groups -OCH3 is 1. The molecule has 1 atom stereocenters. The fourth-order valence-corrected chi connectivity index (χ4v) is 2.35. The van der Waals surface area contributed by atoms with E-state index in [4.69, 9.17) is 4.74 Å². The van der Waals surface area contributed by atoms with Crippen molar-refractivity contribution >= 4 is 0 Å². The summed E-state index contributed by atoms with van der Waals surface area (Å²) < 4.78 is 19.2. The lowest BCUT2D eigenvalue weighted by atomic mass is 9.94. The Morgan fingerprint density at radius 2 is 1.70 bits per heavy atom. The van der Waals surface area contributed by atoms with E-state index < -0.39 is 6.10 Å². The molecule has 0 spiro atoms. The minimum absolute atomic E-state index is 0.295. The average Bonchev–Trinajstić information content (AvgIpc) is 2.40. The largest absolute Gasteiger partial charge is 0.496 e. The summed E-state index contributed by atoms with van der Waals surface area (Å²) >= 11 is 0. The zero-order chi connectivity index (χ0) is 14.9. The van der Waals surface area contributed by atoms with Gasteiger partial charge in [-0.3, -0.25) is 0 Å². The molecular formula is C17H19FO2. The predicted molar refractivity (Wildman–Crippen MR) is 77.7 cm³/mol. The number of aryl methyl sites for hydroxylation is 3. The van der Waals surface area contributed by atoms with Crippen molar-refractivity contribution in [2.24, 2.45) is 0 Å². The molecule has 0 saturated carbocycles. The standard InChI is InChI=1S/C17H19FO2/c1-10-5-6-13(15(18)7-10)17(19)14-8-12(3)16(20-4)9-11(14)2/h5-9,17,19H,1-4H3. The quantitative estimate of drug-likeness (QED) is 0.921. The van der Waals surface area contributed by atoms with Gasteiger partial charge in [-0.2, -0.15) is 0 Å². The summed E-state index contributed by atoms with van der Waals surface area (Å²) in [6.07, 6.45) is -0.972. The van der Waals surface area contributed by atoms with Crippen molar-refractivity contribution in [1.82, 2.24) is 0 Å². The van der Waals surface area contributed by atoms with Crippen molar-refractivity contribution in [2.45, 2.75) is 26.9 Å². The first-order valence-corrected chi connectivity index (χ1v) is 6.53. The molecule has 0 saturated heterocycles. The Kier molecular flexibility index (Phi) is 4.09. The second kappa shape index (κ2) is 5.63. The summed E-state index contributed by atoms with van der Waals surface area (Å²) in [5.74, 6) is 0.383. The number of hydrogen-bond acceptors (Lipinski definition) is 2. The van der Waals surface area contributed by atoms with Crippen molar-refractivity contribution in [2.75, 3.05) is 7.11 Å². The molecule has 2 rings (SSSR count). The average molecular weight is 274 g/mol. The van der Waals surface area contributed by atoms with Crippen LogP contribution in [0.4, 0.5) is 4.39 Å². The molecule has 0 amide bonds. The van der Waals surface area contributed by atoms with Gasteiger partial charge in [0.25, 0.3) is 0 Å². The van der Waals surface area contributed by atoms with Crippen LogP contribution < -0.4 is 4.74 Å². The van der Waals surface area contributed by atoms with E-state index >= 15 is 0 Å². The molecule has 106 valence electrons. The fourth-order valence-electron chi connectivity index (χ4n) is 2.35. The first-order chi connectivity index (χ1) is 9.43. The van der Waals surface area contributed by atoms with Crippen LogP contribution in [0.15, 0.2) is 30.3 Å². The van der Waals surface area contributed by atoms with E-state index in [1.165, 1.54) is 6.07 Å². The van der Waals surface area contributed by atoms with E-state index in [0.29, 0.717) is 11.1 Å². The van der Waals surface area contributed by atoms with Gasteiger partial charge in [0.1, 0.15) is 17.7 Å². The maximum Gasteiger partial charge on any atom is 0.129 e. The number of halogens is 1. The van der Waals surface area contributed by atoms with Crippen LogP contribution in [0.3, 0.4) is 0 Å². The molecule has 0 aromatic heterocycles. The number of aliphatic hydroxyl groups excluding tert-OH is 1. The normalized spacial score (nSPS) is 12.3. The van der Waals surface area contributed by atoms with Crippen LogP contribution in [0.5, 0.6) is 5.75 Å². The lowest BCUT2D eigenvalue weighted by Crippen LogP contribution is -2.06. The summed E-state index contributed by atoms with van der Waals surface area (Å²) in [6, 6.07) is 8.57. The SMILES string of the molecule is COc1cc(C)c(C(O)c2ccc(C)cc2F)cc1C. The highest BCUT2D eigenvalue weighted by Gasteiger charge is 2.18. The van der Waals surface area contributed by atoms with Crippen LogP contribution in [0.25, 0.3) is 0 Å². The summed E-state index contributed by atoms with van der Waals surface area (Å²) in [4.78, 5) is 0. The van der Waals surface area contributed by atoms with Gasteiger partial charge in [-0.25, -0.2) is 4.39 Å². The van der Waals surface area contributed by atoms with Crippen molar-refractivity contribution in [1.29, 1.82) is 0 Å². The number of aliphatic hydroxyl groups is 1. The van der Waals surface area contributed by atoms with Gasteiger partial charge in [0.05, 0.1) is 7.11 Å². The van der Waals surface area contributed by atoms with Crippen LogP contribution in [-0.2, 0) is 0 Å². The highest BCUT2D eigenvalue weighted by Crippen LogP contribution is 2.31. The predicted octanol–water partition coefficient (Wildman–Crippen LogP) is 3.84. The van der Waals surface area contributed by atoms with E-state index in [0.717, 1.165) is 22.4 Å². The molecule has 0 aliphatic rings. The third-order valence-electron chi connectivity index (χ3n) is 3.53. The first kappa shape index (κ1) is 14.5. The highest BCUT2D eigenvalue weighted by molar-refractivity contribution is 5.45. The Bertz CT molecular complexity index is 635. The third-order valence-corrected chi connectivity index (χ3v) is 3.53. The van der Waals surface area contributed by atoms with Crippen molar-refractivity contribution in [3.63, 3.8) is 0 Å². The molecule has 2 aromatic carbocycles. The zero-order valence-electron chi connectivity index (χ0n) is 12.2. The fraction of sp³-hybridized carbons (Fsp3) is 0.294. The molecule has 0 aliphatic heterocycles. The first-order valence-electron chi connectivity index (χ1n) is 6.53. The summed E-state index contributed by atoms with van der Waals surface area (Å²) in [5.41, 5.74) is 3.62. The molecule has 0 heterocycles. The maximum atomic E-state index is 14.0. The van der Waals surface area contributed by atoms with Crippen molar-refractivity contribution < 1.29 is 14.2 Å². The molecule has 20 heavy (non-hydrogen) atoms. The Morgan fingerprint density at radius 1 is 1.00 bits per heavy atom. The zero-order valence-corrected chi connectivity index (χ0v) is 12.2. The van der Waals surface area contributed by atoms with Gasteiger partial charge in [0.15, 0.2) is 0 Å². The Morgan fingerprint density at radius 3 is 2.30 bits per heavy atom. The number of benzene rings is 2. The second-order valence-corrected chi connectivity index (χ2v) is 5.11. The Balaban J connectivity index is 2.48. The van der Waals surface area contributed by atoms with E-state index in [1.54, 1.807) is 19.2 Å². The Labute approximate surface area is 118 Å². The molecule has 2 aromatic rings. The van der Waals surface area contributed by atoms with E-state index in [1.807, 2.05) is 32.9 Å². The van der Waals surface area contributed by atoms with Crippen LogP contribution in [-0.4, -0.2) is 12.2 Å². The van der Waals surface area contributed by atoms with Crippen molar-refractivity contribution in [3.05, 3.63) is 64.0 Å². The van der Waals surface area contributed by atoms with Gasteiger partial charge in [-0.15, -0.1) is 0 Å². The monoisotopic (exact) mass is 274 g/mol. The highest BCUT2D eigenvalue weighted by atomic mass is 19.1. The molecule has 0 aliphatic carbocycles. The molecule has 1 unspecified atom stereocenters. The van der Waals surface area contributed by atoms with E-state index in [9.17, 15) is 9.50 Å². The van der Waals surface area contributed by atoms with Crippen molar-refractivity contribution in [3.8, 4) is 5.75 Å². The minimum Gasteiger partial charge on any atom is -0.496 e. The van der Waals surface area contributed by atoms with Gasteiger partial charge in [0, 0.05) is 5.56 Å². The summed E-state index contributed by atoms with van der Waals surface area (Å²) in [5, 5.41) is 10.5. The molecule has 0 radical (unpaired) electrons. The number of rotatable bonds is 3. The topological polar surface area (TPSA) is 29.5 Å². The Hall–Kier alpha value is -1.87. The number of ether oxygens (including phenoxy) is 1. The van der Waals surface area contributed by atoms with Gasteiger partial charge in [-0.05, 0) is 61.2 Å². The minimum atomic E-state index is -0.972. The van der Waals surface area contributed by atoms with Gasteiger partial charge in [0.2, 0.25) is 0 Å². The number of hydrogen-bond donors (Lipinski definition) is 1. The third kappa shape index (κ3) is 2.68. The molecule has 3 heteroatoms. The maximum absolute atomic E-state index is 14.0. The van der Waals surface area contributed by atoms with Crippen LogP contribution >= 0.6 is 0 Å². The smallest absolute Gasteiger partial charge is 0.129 e. The van der Waals surface area contributed by atoms with Crippen LogP contribution in [0.1, 0.15) is 33.9 Å². The molecule has 1 N–H and O–H groups in total. The lowest BCUT2D eigenvalue weighted by Gasteiger charge is -2.17. The lowest BCUT2D eigenvalue weighted by molar-refractivity contribution is 0.214.